The monoisotopic (exact) mass is 200 g/mol. The maximum absolute atomic E-state index is 11.6. The van der Waals surface area contributed by atoms with E-state index >= 15 is 0 Å². The number of nitrogens with zero attached hydrogens (tertiary/aromatic N) is 2. The van der Waals surface area contributed by atoms with E-state index in [1.54, 1.807) is 13.1 Å². The van der Waals surface area contributed by atoms with E-state index in [0.29, 0.717) is 5.56 Å². The summed E-state index contributed by atoms with van der Waals surface area (Å²) in [5.41, 5.74) is 0.162. The van der Waals surface area contributed by atoms with Crippen LogP contribution in [0.3, 0.4) is 0 Å². The third-order valence-corrected chi connectivity index (χ3v) is 2.19. The molecule has 0 saturated heterocycles. The molecule has 4 heteroatoms. The van der Waals surface area contributed by atoms with Gasteiger partial charge in [-0.25, -0.2) is 4.68 Å². The van der Waals surface area contributed by atoms with Crippen molar-refractivity contribution in [2.75, 3.05) is 0 Å². The maximum Gasteiger partial charge on any atom is 0.286 e. The molecule has 13 heavy (non-hydrogen) atoms. The highest BCUT2D eigenvalue weighted by molar-refractivity contribution is 6.31. The minimum atomic E-state index is -0.325. The lowest BCUT2D eigenvalue weighted by Crippen LogP contribution is -2.36. The molecule has 0 spiro atoms. The number of aryl methyl sites for hydroxylation is 1. The van der Waals surface area contributed by atoms with Crippen LogP contribution in [0.25, 0.3) is 0 Å². The first-order valence-corrected chi connectivity index (χ1v) is 4.47. The van der Waals surface area contributed by atoms with Gasteiger partial charge in [0.2, 0.25) is 0 Å². The zero-order valence-corrected chi connectivity index (χ0v) is 9.01. The second-order valence-corrected chi connectivity index (χ2v) is 4.41. The molecule has 0 aliphatic carbocycles. The van der Waals surface area contributed by atoms with E-state index in [2.05, 4.69) is 5.10 Å². The molecule has 0 saturated carbocycles. The molecule has 0 atom stereocenters. The average Bonchev–Trinajstić information content (AvgIpc) is 1.98. The first-order chi connectivity index (χ1) is 5.84. The summed E-state index contributed by atoms with van der Waals surface area (Å²) in [6.07, 6.45) is 1.61. The Morgan fingerprint density at radius 2 is 2.00 bits per heavy atom. The van der Waals surface area contributed by atoms with Gasteiger partial charge >= 0.3 is 0 Å². The largest absolute Gasteiger partial charge is 0.286 e. The second kappa shape index (κ2) is 3.14. The standard InChI is InChI=1S/C9H13ClN2O/c1-6-5-11-12(9(2,3)4)8(13)7(6)10/h5H,1-4H3. The average molecular weight is 201 g/mol. The number of rotatable bonds is 0. The van der Waals surface area contributed by atoms with Gasteiger partial charge in [-0.05, 0) is 33.3 Å². The minimum absolute atomic E-state index is 0.228. The van der Waals surface area contributed by atoms with Gasteiger partial charge in [0.25, 0.3) is 5.56 Å². The molecular weight excluding hydrogens is 188 g/mol. The topological polar surface area (TPSA) is 34.9 Å². The Balaban J connectivity index is 3.44. The van der Waals surface area contributed by atoms with Crippen molar-refractivity contribution in [2.24, 2.45) is 0 Å². The van der Waals surface area contributed by atoms with E-state index in [1.165, 1.54) is 4.68 Å². The third kappa shape index (κ3) is 1.91. The molecule has 0 unspecified atom stereocenters. The van der Waals surface area contributed by atoms with Crippen LogP contribution >= 0.6 is 11.6 Å². The quantitative estimate of drug-likeness (QED) is 0.642. The number of halogens is 1. The van der Waals surface area contributed by atoms with Gasteiger partial charge in [0, 0.05) is 0 Å². The summed E-state index contributed by atoms with van der Waals surface area (Å²) in [7, 11) is 0. The molecule has 1 aromatic heterocycles. The molecule has 0 aromatic carbocycles. The van der Waals surface area contributed by atoms with E-state index < -0.39 is 0 Å². The fourth-order valence-corrected chi connectivity index (χ4v) is 1.12. The summed E-state index contributed by atoms with van der Waals surface area (Å²) in [5, 5.41) is 4.28. The number of hydrogen-bond donors (Lipinski definition) is 0. The summed E-state index contributed by atoms with van der Waals surface area (Å²) in [4.78, 5) is 11.6. The van der Waals surface area contributed by atoms with Crippen LogP contribution in [-0.2, 0) is 5.54 Å². The smallest absolute Gasteiger partial charge is 0.266 e. The Morgan fingerprint density at radius 3 is 2.46 bits per heavy atom. The van der Waals surface area contributed by atoms with Crippen molar-refractivity contribution in [3.8, 4) is 0 Å². The van der Waals surface area contributed by atoms with Crippen LogP contribution in [-0.4, -0.2) is 9.78 Å². The highest BCUT2D eigenvalue weighted by atomic mass is 35.5. The lowest BCUT2D eigenvalue weighted by Gasteiger charge is -2.20. The van der Waals surface area contributed by atoms with Gasteiger partial charge in [0.05, 0.1) is 11.7 Å². The normalized spacial score (nSPS) is 11.8. The van der Waals surface area contributed by atoms with E-state index in [0.717, 1.165) is 0 Å². The van der Waals surface area contributed by atoms with E-state index in [-0.39, 0.29) is 16.1 Å². The second-order valence-electron chi connectivity index (χ2n) is 4.03. The molecular formula is C9H13ClN2O. The third-order valence-electron chi connectivity index (χ3n) is 1.73. The molecule has 1 heterocycles. The molecule has 0 aliphatic heterocycles. The molecule has 0 aliphatic rings. The Bertz CT molecular complexity index is 376. The minimum Gasteiger partial charge on any atom is -0.266 e. The van der Waals surface area contributed by atoms with Crippen molar-refractivity contribution < 1.29 is 0 Å². The molecule has 3 nitrogen and oxygen atoms in total. The lowest BCUT2D eigenvalue weighted by molar-refractivity contribution is 0.337. The van der Waals surface area contributed by atoms with Gasteiger partial charge in [0.1, 0.15) is 5.02 Å². The zero-order valence-electron chi connectivity index (χ0n) is 8.26. The maximum atomic E-state index is 11.6. The highest BCUT2D eigenvalue weighted by Gasteiger charge is 2.17. The van der Waals surface area contributed by atoms with E-state index in [4.69, 9.17) is 11.6 Å². The van der Waals surface area contributed by atoms with Crippen molar-refractivity contribution >= 4 is 11.6 Å². The van der Waals surface area contributed by atoms with Gasteiger partial charge in [-0.3, -0.25) is 4.79 Å². The SMILES string of the molecule is Cc1cnn(C(C)(C)C)c(=O)c1Cl. The summed E-state index contributed by atoms with van der Waals surface area (Å²) in [6, 6.07) is 0. The molecule has 0 radical (unpaired) electrons. The van der Waals surface area contributed by atoms with Gasteiger partial charge < -0.3 is 0 Å². The van der Waals surface area contributed by atoms with Crippen molar-refractivity contribution in [3.63, 3.8) is 0 Å². The predicted molar refractivity (Wildman–Crippen MR) is 53.2 cm³/mol. The van der Waals surface area contributed by atoms with Crippen molar-refractivity contribution in [1.82, 2.24) is 9.78 Å². The number of hydrogen-bond acceptors (Lipinski definition) is 2. The molecule has 0 amide bonds. The first kappa shape index (κ1) is 10.3. The van der Waals surface area contributed by atoms with Crippen LogP contribution in [0.4, 0.5) is 0 Å². The van der Waals surface area contributed by atoms with Crippen LogP contribution in [0.15, 0.2) is 11.0 Å². The Morgan fingerprint density at radius 1 is 1.46 bits per heavy atom. The summed E-state index contributed by atoms with van der Waals surface area (Å²) in [5.74, 6) is 0. The molecule has 0 bridgehead atoms. The van der Waals surface area contributed by atoms with Crippen molar-refractivity contribution in [1.29, 1.82) is 0 Å². The van der Waals surface area contributed by atoms with Gasteiger partial charge in [-0.2, -0.15) is 5.10 Å². The Hall–Kier alpha value is -0.830. The predicted octanol–water partition coefficient (Wildman–Crippen LogP) is 1.96. The molecule has 0 N–H and O–H groups in total. The molecule has 1 aromatic rings. The van der Waals surface area contributed by atoms with Gasteiger partial charge in [0.15, 0.2) is 0 Å². The fraction of sp³-hybridized carbons (Fsp3) is 0.556. The van der Waals surface area contributed by atoms with Gasteiger partial charge in [-0.1, -0.05) is 11.6 Å². The number of aromatic nitrogens is 2. The molecule has 1 rings (SSSR count). The Kier molecular flexibility index (Phi) is 2.48. The Labute approximate surface area is 82.3 Å². The van der Waals surface area contributed by atoms with Crippen molar-refractivity contribution in [2.45, 2.75) is 33.2 Å². The van der Waals surface area contributed by atoms with Crippen LogP contribution in [0.2, 0.25) is 5.02 Å². The molecule has 0 fully saturated rings. The van der Waals surface area contributed by atoms with E-state index in [9.17, 15) is 4.79 Å². The summed E-state index contributed by atoms with van der Waals surface area (Å²) < 4.78 is 1.39. The highest BCUT2D eigenvalue weighted by Crippen LogP contribution is 2.12. The van der Waals surface area contributed by atoms with Crippen LogP contribution in [0.5, 0.6) is 0 Å². The van der Waals surface area contributed by atoms with Gasteiger partial charge in [-0.15, -0.1) is 0 Å². The zero-order chi connectivity index (χ0) is 10.2. The van der Waals surface area contributed by atoms with Crippen LogP contribution < -0.4 is 5.56 Å². The molecule has 72 valence electrons. The van der Waals surface area contributed by atoms with Crippen LogP contribution in [0.1, 0.15) is 26.3 Å². The first-order valence-electron chi connectivity index (χ1n) is 4.09. The fourth-order valence-electron chi connectivity index (χ4n) is 0.993. The summed E-state index contributed by atoms with van der Waals surface area (Å²) >= 11 is 5.82. The van der Waals surface area contributed by atoms with Crippen LogP contribution in [0, 0.1) is 6.92 Å². The summed E-state index contributed by atoms with van der Waals surface area (Å²) in [6.45, 7) is 7.50. The van der Waals surface area contributed by atoms with E-state index in [1.807, 2.05) is 20.8 Å². The lowest BCUT2D eigenvalue weighted by atomic mass is 10.1. The van der Waals surface area contributed by atoms with Crippen molar-refractivity contribution in [3.05, 3.63) is 27.1 Å².